The first-order chi connectivity index (χ1) is 11.2. The molecule has 0 radical (unpaired) electrons. The molecule has 24 heavy (non-hydrogen) atoms. The average Bonchev–Trinajstić information content (AvgIpc) is 2.77. The normalized spacial score (nSPS) is 10.5. The topological polar surface area (TPSA) is 133 Å². The summed E-state index contributed by atoms with van der Waals surface area (Å²) in [4.78, 5) is 32.4. The maximum absolute atomic E-state index is 12.2. The molecule has 0 aliphatic carbocycles. The van der Waals surface area contributed by atoms with Gasteiger partial charge in [-0.2, -0.15) is 5.10 Å². The van der Waals surface area contributed by atoms with E-state index in [1.807, 2.05) is 6.92 Å². The molecule has 1 aromatic carbocycles. The number of nitrogens with zero attached hydrogens (tertiary/aromatic N) is 4. The number of benzene rings is 1. The van der Waals surface area contributed by atoms with Gasteiger partial charge >= 0.3 is 0 Å². The zero-order valence-electron chi connectivity index (χ0n) is 13.3. The van der Waals surface area contributed by atoms with Gasteiger partial charge in [0.05, 0.1) is 27.2 Å². The molecular formula is C14H15N5O5. The first-order valence-electron chi connectivity index (χ1n) is 6.92. The summed E-state index contributed by atoms with van der Waals surface area (Å²) < 4.78 is 1.68. The summed E-state index contributed by atoms with van der Waals surface area (Å²) in [6, 6.07) is 2.82. The molecule has 10 heteroatoms. The Morgan fingerprint density at radius 1 is 1.17 bits per heavy atom. The van der Waals surface area contributed by atoms with Gasteiger partial charge in [0, 0.05) is 37.0 Å². The average molecular weight is 333 g/mol. The van der Waals surface area contributed by atoms with E-state index >= 15 is 0 Å². The van der Waals surface area contributed by atoms with Gasteiger partial charge < -0.3 is 5.32 Å². The number of non-ortho nitro benzene ring substituents is 2. The second-order valence-electron chi connectivity index (χ2n) is 5.21. The first-order valence-corrected chi connectivity index (χ1v) is 6.92. The number of nitrogens with one attached hydrogen (secondary N) is 1. The number of aromatic nitrogens is 2. The van der Waals surface area contributed by atoms with Gasteiger partial charge in [0.15, 0.2) is 0 Å². The smallest absolute Gasteiger partial charge is 0.277 e. The van der Waals surface area contributed by atoms with Crippen molar-refractivity contribution in [2.45, 2.75) is 20.4 Å². The number of hydrogen-bond donors (Lipinski definition) is 1. The van der Waals surface area contributed by atoms with Crippen molar-refractivity contribution in [3.05, 3.63) is 60.9 Å². The van der Waals surface area contributed by atoms with E-state index in [0.717, 1.165) is 35.2 Å². The van der Waals surface area contributed by atoms with E-state index in [1.54, 1.807) is 18.7 Å². The molecule has 1 amide bonds. The van der Waals surface area contributed by atoms with Crippen molar-refractivity contribution < 1.29 is 14.6 Å². The molecule has 0 aliphatic rings. The SMILES string of the molecule is Cc1nn(C)c(C)c1CNC(=O)c1cc([N+](=O)[O-])cc([N+](=O)[O-])c1. The molecule has 10 nitrogen and oxygen atoms in total. The number of hydrogen-bond acceptors (Lipinski definition) is 6. The second-order valence-corrected chi connectivity index (χ2v) is 5.21. The van der Waals surface area contributed by atoms with Crippen LogP contribution < -0.4 is 5.32 Å². The van der Waals surface area contributed by atoms with Crippen LogP contribution in [0.1, 0.15) is 27.3 Å². The van der Waals surface area contributed by atoms with Crippen molar-refractivity contribution in [3.63, 3.8) is 0 Å². The fourth-order valence-corrected chi connectivity index (χ4v) is 2.28. The van der Waals surface area contributed by atoms with Crippen LogP contribution in [0.2, 0.25) is 0 Å². The minimum absolute atomic E-state index is 0.143. The van der Waals surface area contributed by atoms with Crippen molar-refractivity contribution in [1.82, 2.24) is 15.1 Å². The summed E-state index contributed by atoms with van der Waals surface area (Å²) in [6.45, 7) is 3.81. The Morgan fingerprint density at radius 2 is 1.71 bits per heavy atom. The molecule has 0 spiro atoms. The Balaban J connectivity index is 2.26. The first kappa shape index (κ1) is 17.1. The highest BCUT2D eigenvalue weighted by atomic mass is 16.6. The van der Waals surface area contributed by atoms with Crippen molar-refractivity contribution >= 4 is 17.3 Å². The summed E-state index contributed by atoms with van der Waals surface area (Å²) in [7, 11) is 1.78. The molecular weight excluding hydrogens is 318 g/mol. The lowest BCUT2D eigenvalue weighted by molar-refractivity contribution is -0.394. The number of nitro benzene ring substituents is 2. The van der Waals surface area contributed by atoms with Crippen LogP contribution >= 0.6 is 0 Å². The molecule has 0 atom stereocenters. The predicted molar refractivity (Wildman–Crippen MR) is 83.6 cm³/mol. The van der Waals surface area contributed by atoms with Crippen LogP contribution in [0.5, 0.6) is 0 Å². The van der Waals surface area contributed by atoms with E-state index in [9.17, 15) is 25.0 Å². The highest BCUT2D eigenvalue weighted by Crippen LogP contribution is 2.22. The monoisotopic (exact) mass is 333 g/mol. The zero-order chi connectivity index (χ0) is 18.0. The number of nitro groups is 2. The van der Waals surface area contributed by atoms with Gasteiger partial charge in [-0.1, -0.05) is 0 Å². The molecule has 1 N–H and O–H groups in total. The lowest BCUT2D eigenvalue weighted by Crippen LogP contribution is -2.23. The third kappa shape index (κ3) is 3.37. The molecule has 126 valence electrons. The van der Waals surface area contributed by atoms with Gasteiger partial charge in [0.1, 0.15) is 0 Å². The molecule has 2 rings (SSSR count). The third-order valence-electron chi connectivity index (χ3n) is 3.67. The van der Waals surface area contributed by atoms with Crippen LogP contribution in [0.3, 0.4) is 0 Å². The van der Waals surface area contributed by atoms with E-state index in [1.165, 1.54) is 0 Å². The predicted octanol–water partition coefficient (Wildman–Crippen LogP) is 1.78. The van der Waals surface area contributed by atoms with E-state index < -0.39 is 27.1 Å². The highest BCUT2D eigenvalue weighted by molar-refractivity contribution is 5.95. The fourth-order valence-electron chi connectivity index (χ4n) is 2.28. The van der Waals surface area contributed by atoms with Crippen LogP contribution in [-0.2, 0) is 13.6 Å². The van der Waals surface area contributed by atoms with Crippen molar-refractivity contribution in [2.24, 2.45) is 7.05 Å². The lowest BCUT2D eigenvalue weighted by atomic mass is 10.1. The van der Waals surface area contributed by atoms with Crippen molar-refractivity contribution in [2.75, 3.05) is 0 Å². The fraction of sp³-hybridized carbons (Fsp3) is 0.286. The van der Waals surface area contributed by atoms with Crippen LogP contribution in [-0.4, -0.2) is 25.5 Å². The largest absolute Gasteiger partial charge is 0.348 e. The van der Waals surface area contributed by atoms with Gasteiger partial charge in [-0.3, -0.25) is 29.7 Å². The van der Waals surface area contributed by atoms with Crippen LogP contribution in [0.15, 0.2) is 18.2 Å². The molecule has 0 fully saturated rings. The van der Waals surface area contributed by atoms with E-state index in [4.69, 9.17) is 0 Å². The number of rotatable bonds is 5. The molecule has 1 aromatic heterocycles. The number of aryl methyl sites for hydroxylation is 2. The molecule has 0 bridgehead atoms. The standard InChI is InChI=1S/C14H15N5O5/c1-8-13(9(2)17(3)16-8)7-15-14(20)10-4-11(18(21)22)6-12(5-10)19(23)24/h4-6H,7H2,1-3H3,(H,15,20). The molecule has 0 saturated heterocycles. The van der Waals surface area contributed by atoms with E-state index in [0.29, 0.717) is 0 Å². The summed E-state index contributed by atoms with van der Waals surface area (Å²) in [5.41, 5.74) is 1.28. The number of carbonyl (C=O) groups excluding carboxylic acids is 1. The summed E-state index contributed by atoms with van der Waals surface area (Å²) in [5, 5.41) is 28.6. The van der Waals surface area contributed by atoms with Crippen LogP contribution in [0, 0.1) is 34.1 Å². The van der Waals surface area contributed by atoms with Crippen molar-refractivity contribution in [1.29, 1.82) is 0 Å². The molecule has 1 heterocycles. The Bertz CT molecular complexity index is 810. The Morgan fingerprint density at radius 3 is 2.12 bits per heavy atom. The van der Waals surface area contributed by atoms with Gasteiger partial charge in [-0.25, -0.2) is 0 Å². The van der Waals surface area contributed by atoms with Gasteiger partial charge in [-0.05, 0) is 13.8 Å². The van der Waals surface area contributed by atoms with Gasteiger partial charge in [0.25, 0.3) is 17.3 Å². The maximum atomic E-state index is 12.2. The van der Waals surface area contributed by atoms with E-state index in [2.05, 4.69) is 10.4 Å². The summed E-state index contributed by atoms with van der Waals surface area (Å²) in [6.07, 6.45) is 0. The zero-order valence-corrected chi connectivity index (χ0v) is 13.3. The molecule has 0 unspecified atom stereocenters. The number of carbonyl (C=O) groups is 1. The van der Waals surface area contributed by atoms with Gasteiger partial charge in [-0.15, -0.1) is 0 Å². The minimum atomic E-state index is -0.779. The quantitative estimate of drug-likeness (QED) is 0.655. The highest BCUT2D eigenvalue weighted by Gasteiger charge is 2.20. The Hall–Kier alpha value is -3.30. The van der Waals surface area contributed by atoms with Gasteiger partial charge in [0.2, 0.25) is 0 Å². The second kappa shape index (κ2) is 6.44. The minimum Gasteiger partial charge on any atom is -0.348 e. The number of amides is 1. The van der Waals surface area contributed by atoms with E-state index in [-0.39, 0.29) is 12.1 Å². The lowest BCUT2D eigenvalue weighted by Gasteiger charge is -2.06. The Kier molecular flexibility index (Phi) is 4.58. The summed E-state index contributed by atoms with van der Waals surface area (Å²) in [5.74, 6) is -0.635. The molecule has 2 aromatic rings. The van der Waals surface area contributed by atoms with Crippen molar-refractivity contribution in [3.8, 4) is 0 Å². The molecule has 0 saturated carbocycles. The third-order valence-corrected chi connectivity index (χ3v) is 3.67. The Labute approximate surface area is 136 Å². The molecule has 0 aliphatic heterocycles. The summed E-state index contributed by atoms with van der Waals surface area (Å²) >= 11 is 0. The maximum Gasteiger partial charge on any atom is 0.277 e. The van der Waals surface area contributed by atoms with Crippen LogP contribution in [0.4, 0.5) is 11.4 Å². The van der Waals surface area contributed by atoms with Crippen LogP contribution in [0.25, 0.3) is 0 Å².